The molecule has 0 N–H and O–H groups in total. The Morgan fingerprint density at radius 3 is 3.08 bits per heavy atom. The van der Waals surface area contributed by atoms with Gasteiger partial charge in [-0.2, -0.15) is 5.10 Å². The number of aryl methyl sites for hydroxylation is 1. The van der Waals surface area contributed by atoms with E-state index >= 15 is 0 Å². The first kappa shape index (κ1) is 8.04. The van der Waals surface area contributed by atoms with Crippen LogP contribution in [-0.2, 0) is 6.42 Å². The topological polar surface area (TPSA) is 39.4 Å². The van der Waals surface area contributed by atoms with Gasteiger partial charge in [0, 0.05) is 12.6 Å². The summed E-state index contributed by atoms with van der Waals surface area (Å²) in [5.41, 5.74) is 0.779. The molecule has 2 aromatic rings. The van der Waals surface area contributed by atoms with Gasteiger partial charge in [-0.05, 0) is 12.1 Å². The van der Waals surface area contributed by atoms with Crippen LogP contribution in [0.3, 0.4) is 0 Å². The molecule has 2 heterocycles. The van der Waals surface area contributed by atoms with Crippen molar-refractivity contribution >= 4 is 5.65 Å². The molecular weight excluding hydrogens is 166 g/mol. The van der Waals surface area contributed by atoms with Gasteiger partial charge in [0.25, 0.3) is 0 Å². The monoisotopic (exact) mass is 177 g/mol. The highest BCUT2D eigenvalue weighted by atomic mass is 16.5. The number of rotatable bonds is 2. The fourth-order valence-corrected chi connectivity index (χ4v) is 1.24. The van der Waals surface area contributed by atoms with E-state index in [2.05, 4.69) is 10.1 Å². The van der Waals surface area contributed by atoms with Gasteiger partial charge in [-0.3, -0.25) is 0 Å². The lowest BCUT2D eigenvalue weighted by Gasteiger charge is -1.98. The zero-order valence-corrected chi connectivity index (χ0v) is 7.69. The largest absolute Gasteiger partial charge is 0.493 e. The van der Waals surface area contributed by atoms with Crippen LogP contribution in [0.15, 0.2) is 18.3 Å². The fourth-order valence-electron chi connectivity index (χ4n) is 1.24. The molecule has 2 aromatic heterocycles. The normalized spacial score (nSPS) is 10.6. The molecule has 0 aliphatic heterocycles. The summed E-state index contributed by atoms with van der Waals surface area (Å²) in [7, 11) is 1.63. The Morgan fingerprint density at radius 2 is 2.38 bits per heavy atom. The molecular formula is C9H11N3O. The molecule has 13 heavy (non-hydrogen) atoms. The Kier molecular flexibility index (Phi) is 1.88. The van der Waals surface area contributed by atoms with Crippen molar-refractivity contribution in [3.05, 3.63) is 24.2 Å². The van der Waals surface area contributed by atoms with Crippen molar-refractivity contribution in [3.8, 4) is 5.75 Å². The molecule has 0 aromatic carbocycles. The van der Waals surface area contributed by atoms with E-state index in [1.807, 2.05) is 25.3 Å². The van der Waals surface area contributed by atoms with E-state index in [1.165, 1.54) is 0 Å². The summed E-state index contributed by atoms with van der Waals surface area (Å²) in [6.45, 7) is 2.03. The number of aromatic nitrogens is 3. The maximum atomic E-state index is 5.16. The maximum Gasteiger partial charge on any atom is 0.198 e. The van der Waals surface area contributed by atoms with Gasteiger partial charge in [0.1, 0.15) is 0 Å². The van der Waals surface area contributed by atoms with Gasteiger partial charge in [-0.1, -0.05) is 6.92 Å². The molecule has 0 radical (unpaired) electrons. The Labute approximate surface area is 76.2 Å². The van der Waals surface area contributed by atoms with Crippen LogP contribution in [-0.4, -0.2) is 21.7 Å². The minimum Gasteiger partial charge on any atom is -0.493 e. The highest BCUT2D eigenvalue weighted by molar-refractivity contribution is 5.52. The van der Waals surface area contributed by atoms with E-state index < -0.39 is 0 Å². The predicted octanol–water partition coefficient (Wildman–Crippen LogP) is 1.30. The first-order chi connectivity index (χ1) is 6.35. The maximum absolute atomic E-state index is 5.16. The highest BCUT2D eigenvalue weighted by Gasteiger charge is 2.05. The van der Waals surface area contributed by atoms with E-state index in [0.717, 1.165) is 23.6 Å². The van der Waals surface area contributed by atoms with E-state index in [1.54, 1.807) is 11.6 Å². The first-order valence-corrected chi connectivity index (χ1v) is 4.23. The van der Waals surface area contributed by atoms with Gasteiger partial charge < -0.3 is 4.74 Å². The molecule has 0 fully saturated rings. The van der Waals surface area contributed by atoms with E-state index in [9.17, 15) is 0 Å². The van der Waals surface area contributed by atoms with Gasteiger partial charge in [-0.15, -0.1) is 0 Å². The van der Waals surface area contributed by atoms with Crippen LogP contribution in [0.25, 0.3) is 5.65 Å². The lowest BCUT2D eigenvalue weighted by molar-refractivity contribution is 0.416. The number of hydrogen-bond donors (Lipinski definition) is 0. The van der Waals surface area contributed by atoms with Gasteiger partial charge in [-0.25, -0.2) is 9.50 Å². The number of nitrogens with zero attached hydrogens (tertiary/aromatic N) is 3. The molecule has 2 rings (SSSR count). The van der Waals surface area contributed by atoms with Crippen LogP contribution >= 0.6 is 0 Å². The third kappa shape index (κ3) is 1.24. The molecule has 0 bridgehead atoms. The molecule has 4 heteroatoms. The second-order valence-corrected chi connectivity index (χ2v) is 2.73. The van der Waals surface area contributed by atoms with Crippen LogP contribution in [0.2, 0.25) is 0 Å². The smallest absolute Gasteiger partial charge is 0.198 e. The zero-order chi connectivity index (χ0) is 9.26. The van der Waals surface area contributed by atoms with Crippen molar-refractivity contribution in [1.82, 2.24) is 14.6 Å². The van der Waals surface area contributed by atoms with Crippen LogP contribution in [0.4, 0.5) is 0 Å². The summed E-state index contributed by atoms with van der Waals surface area (Å²) in [6, 6.07) is 3.77. The van der Waals surface area contributed by atoms with Crippen LogP contribution in [0.1, 0.15) is 12.7 Å². The van der Waals surface area contributed by atoms with Crippen molar-refractivity contribution in [2.75, 3.05) is 7.11 Å². The lowest BCUT2D eigenvalue weighted by Crippen LogP contribution is -1.90. The van der Waals surface area contributed by atoms with Crippen LogP contribution in [0, 0.1) is 0 Å². The number of pyridine rings is 1. The Morgan fingerprint density at radius 1 is 1.54 bits per heavy atom. The average Bonchev–Trinajstić information content (AvgIpc) is 2.59. The zero-order valence-electron chi connectivity index (χ0n) is 7.69. The molecule has 0 spiro atoms. The summed E-state index contributed by atoms with van der Waals surface area (Å²) in [4.78, 5) is 4.33. The second kappa shape index (κ2) is 3.05. The van der Waals surface area contributed by atoms with E-state index in [0.29, 0.717) is 0 Å². The van der Waals surface area contributed by atoms with Gasteiger partial charge >= 0.3 is 0 Å². The third-order valence-electron chi connectivity index (χ3n) is 1.91. The molecule has 0 aliphatic carbocycles. The standard InChI is InChI=1S/C9H11N3O/c1-3-8-10-9-7(13-2)5-4-6-12(9)11-8/h4-6H,3H2,1-2H3. The van der Waals surface area contributed by atoms with Crippen molar-refractivity contribution in [2.24, 2.45) is 0 Å². The summed E-state index contributed by atoms with van der Waals surface area (Å²) in [5, 5.41) is 4.27. The quantitative estimate of drug-likeness (QED) is 0.694. The van der Waals surface area contributed by atoms with Crippen molar-refractivity contribution in [2.45, 2.75) is 13.3 Å². The molecule has 0 saturated heterocycles. The number of ether oxygens (including phenoxy) is 1. The Balaban J connectivity index is 2.67. The molecule has 4 nitrogen and oxygen atoms in total. The summed E-state index contributed by atoms with van der Waals surface area (Å²) < 4.78 is 6.90. The SMILES string of the molecule is CCc1nc2c(OC)cccn2n1. The minimum absolute atomic E-state index is 0.759. The Hall–Kier alpha value is -1.58. The van der Waals surface area contributed by atoms with E-state index in [-0.39, 0.29) is 0 Å². The summed E-state index contributed by atoms with van der Waals surface area (Å²) >= 11 is 0. The van der Waals surface area contributed by atoms with E-state index in [4.69, 9.17) is 4.74 Å². The summed E-state index contributed by atoms with van der Waals surface area (Å²) in [6.07, 6.45) is 2.70. The Bertz CT molecular complexity index is 422. The summed E-state index contributed by atoms with van der Waals surface area (Å²) in [5.74, 6) is 1.60. The molecule has 0 aliphatic rings. The minimum atomic E-state index is 0.759. The third-order valence-corrected chi connectivity index (χ3v) is 1.91. The van der Waals surface area contributed by atoms with Crippen molar-refractivity contribution in [1.29, 1.82) is 0 Å². The fraction of sp³-hybridized carbons (Fsp3) is 0.333. The van der Waals surface area contributed by atoms with Crippen molar-refractivity contribution < 1.29 is 4.74 Å². The van der Waals surface area contributed by atoms with Gasteiger partial charge in [0.15, 0.2) is 17.2 Å². The molecule has 68 valence electrons. The predicted molar refractivity (Wildman–Crippen MR) is 48.9 cm³/mol. The molecule has 0 unspecified atom stereocenters. The second-order valence-electron chi connectivity index (χ2n) is 2.73. The lowest BCUT2D eigenvalue weighted by atomic mass is 10.4. The van der Waals surface area contributed by atoms with Crippen LogP contribution < -0.4 is 4.74 Å². The van der Waals surface area contributed by atoms with Crippen LogP contribution in [0.5, 0.6) is 5.75 Å². The molecule has 0 atom stereocenters. The van der Waals surface area contributed by atoms with Gasteiger partial charge in [0.05, 0.1) is 7.11 Å². The molecule has 0 saturated carbocycles. The molecule has 0 amide bonds. The number of methoxy groups -OCH3 is 1. The number of fused-ring (bicyclic) bond motifs is 1. The van der Waals surface area contributed by atoms with Gasteiger partial charge in [0.2, 0.25) is 0 Å². The first-order valence-electron chi connectivity index (χ1n) is 4.23. The average molecular weight is 177 g/mol. The number of hydrogen-bond acceptors (Lipinski definition) is 3. The highest BCUT2D eigenvalue weighted by Crippen LogP contribution is 2.16. The van der Waals surface area contributed by atoms with Crippen molar-refractivity contribution in [3.63, 3.8) is 0 Å².